The van der Waals surface area contributed by atoms with E-state index in [9.17, 15) is 9.90 Å². The monoisotopic (exact) mass is 145 g/mol. The maximum atomic E-state index is 10.1. The van der Waals surface area contributed by atoms with E-state index in [-0.39, 0.29) is 0 Å². The van der Waals surface area contributed by atoms with Crippen molar-refractivity contribution in [3.8, 4) is 0 Å². The highest BCUT2D eigenvalue weighted by molar-refractivity contribution is 5.71. The fraction of sp³-hybridized carbons (Fsp3) is 0.857. The lowest BCUT2D eigenvalue weighted by Gasteiger charge is -2.21. The first-order valence-electron chi connectivity index (χ1n) is 3.21. The van der Waals surface area contributed by atoms with Gasteiger partial charge in [0, 0.05) is 0 Å². The molecule has 1 radical (unpaired) electrons. The third-order valence-corrected chi connectivity index (χ3v) is 0.862. The zero-order chi connectivity index (χ0) is 8.36. The van der Waals surface area contributed by atoms with Crippen LogP contribution in [0.25, 0.3) is 0 Å². The van der Waals surface area contributed by atoms with Crippen LogP contribution < -0.4 is 0 Å². The van der Waals surface area contributed by atoms with Gasteiger partial charge in [0.1, 0.15) is 0 Å². The van der Waals surface area contributed by atoms with E-state index in [4.69, 9.17) is 4.74 Å². The Bertz CT molecular complexity index is 123. The lowest BCUT2D eigenvalue weighted by molar-refractivity contribution is -0.164. The lowest BCUT2D eigenvalue weighted by atomic mass is 10.2. The van der Waals surface area contributed by atoms with Gasteiger partial charge in [-0.05, 0) is 27.7 Å². The van der Waals surface area contributed by atoms with Crippen LogP contribution in [-0.2, 0) is 14.6 Å². The molecule has 3 heteroatoms. The summed E-state index contributed by atoms with van der Waals surface area (Å²) in [5.74, 6) is -1.17. The maximum Gasteiger partial charge on any atom is 0.383 e. The molecule has 0 aliphatic heterocycles. The van der Waals surface area contributed by atoms with Gasteiger partial charge in [0.15, 0.2) is 6.10 Å². The van der Waals surface area contributed by atoms with Crippen LogP contribution in [0.1, 0.15) is 27.7 Å². The molecule has 0 spiro atoms. The zero-order valence-electron chi connectivity index (χ0n) is 6.80. The molecule has 10 heavy (non-hydrogen) atoms. The van der Waals surface area contributed by atoms with Crippen LogP contribution in [0, 0.1) is 0 Å². The van der Waals surface area contributed by atoms with E-state index < -0.39 is 17.7 Å². The van der Waals surface area contributed by atoms with Crippen molar-refractivity contribution in [2.75, 3.05) is 0 Å². The van der Waals surface area contributed by atoms with Gasteiger partial charge in [-0.3, -0.25) is 0 Å². The zero-order valence-corrected chi connectivity index (χ0v) is 6.80. The first-order valence-corrected chi connectivity index (χ1v) is 3.21. The molecule has 0 rings (SSSR count). The fourth-order valence-corrected chi connectivity index (χ4v) is 0.578. The van der Waals surface area contributed by atoms with Gasteiger partial charge in [-0.1, -0.05) is 0 Å². The van der Waals surface area contributed by atoms with Gasteiger partial charge < -0.3 is 4.74 Å². The third-order valence-electron chi connectivity index (χ3n) is 0.862. The Morgan fingerprint density at radius 2 is 1.80 bits per heavy atom. The van der Waals surface area contributed by atoms with Gasteiger partial charge in [-0.25, -0.2) is 9.90 Å². The van der Waals surface area contributed by atoms with Crippen LogP contribution in [0.2, 0.25) is 0 Å². The summed E-state index contributed by atoms with van der Waals surface area (Å²) in [6, 6.07) is 0. The molecule has 0 aromatic carbocycles. The van der Waals surface area contributed by atoms with Crippen LogP contribution >= 0.6 is 0 Å². The summed E-state index contributed by atoms with van der Waals surface area (Å²) in [7, 11) is 0. The van der Waals surface area contributed by atoms with Gasteiger partial charge >= 0.3 is 5.97 Å². The van der Waals surface area contributed by atoms with E-state index >= 15 is 0 Å². The van der Waals surface area contributed by atoms with Crippen LogP contribution in [0.5, 0.6) is 0 Å². The van der Waals surface area contributed by atoms with Gasteiger partial charge in [-0.2, -0.15) is 0 Å². The minimum atomic E-state index is -1.17. The molecule has 0 aromatic heterocycles. The normalized spacial score (nSPS) is 14.8. The molecule has 0 bridgehead atoms. The molecule has 1 unspecified atom stereocenters. The van der Waals surface area contributed by atoms with E-state index in [1.165, 1.54) is 6.92 Å². The predicted octanol–water partition coefficient (Wildman–Crippen LogP) is 1.15. The van der Waals surface area contributed by atoms with E-state index in [0.717, 1.165) is 0 Å². The first kappa shape index (κ1) is 9.43. The Balaban J connectivity index is 3.80. The third kappa shape index (κ3) is 4.32. The molecular formula is C7H13O3. The maximum absolute atomic E-state index is 10.1. The van der Waals surface area contributed by atoms with E-state index in [0.29, 0.717) is 0 Å². The Morgan fingerprint density at radius 1 is 1.40 bits per heavy atom. The predicted molar refractivity (Wildman–Crippen MR) is 36.0 cm³/mol. The molecule has 3 nitrogen and oxygen atoms in total. The number of ether oxygens (including phenoxy) is 1. The molecule has 0 amide bonds. The molecule has 0 N–H and O–H groups in total. The fourth-order valence-electron chi connectivity index (χ4n) is 0.578. The molecule has 0 aliphatic rings. The van der Waals surface area contributed by atoms with Crippen molar-refractivity contribution in [1.82, 2.24) is 0 Å². The summed E-state index contributed by atoms with van der Waals surface area (Å²) in [6.07, 6.45) is -0.833. The molecular weight excluding hydrogens is 132 g/mol. The number of rotatable bonds is 2. The van der Waals surface area contributed by atoms with Gasteiger partial charge in [0.2, 0.25) is 0 Å². The number of carbonyl (C=O) groups is 1. The van der Waals surface area contributed by atoms with Crippen LogP contribution in [0.4, 0.5) is 0 Å². The second kappa shape index (κ2) is 3.01. The first-order chi connectivity index (χ1) is 4.33. The highest BCUT2D eigenvalue weighted by Crippen LogP contribution is 2.10. The summed E-state index contributed by atoms with van der Waals surface area (Å²) in [5.41, 5.74) is -0.417. The van der Waals surface area contributed by atoms with Crippen molar-refractivity contribution in [1.29, 1.82) is 0 Å². The standard InChI is InChI=1S/C7H13O3/c1-5(6(8)9)10-7(2,3)4/h5H,1-4H3. The van der Waals surface area contributed by atoms with Gasteiger partial charge in [0.25, 0.3) is 0 Å². The molecule has 0 fully saturated rings. The Morgan fingerprint density at radius 3 is 1.90 bits per heavy atom. The molecule has 0 saturated heterocycles. The SMILES string of the molecule is CC(OC(C)(C)C)C([O])=O. The van der Waals surface area contributed by atoms with E-state index in [2.05, 4.69) is 0 Å². The molecule has 0 aliphatic carbocycles. The molecule has 0 saturated carbocycles. The lowest BCUT2D eigenvalue weighted by Crippen LogP contribution is -2.30. The van der Waals surface area contributed by atoms with Gasteiger partial charge in [-0.15, -0.1) is 0 Å². The van der Waals surface area contributed by atoms with Crippen molar-refractivity contribution in [3.05, 3.63) is 0 Å². The summed E-state index contributed by atoms with van der Waals surface area (Å²) in [4.78, 5) is 10.1. The quantitative estimate of drug-likeness (QED) is 0.585. The summed E-state index contributed by atoms with van der Waals surface area (Å²) in [6.45, 7) is 6.85. The summed E-state index contributed by atoms with van der Waals surface area (Å²) < 4.78 is 5.04. The highest BCUT2D eigenvalue weighted by atomic mass is 16.5. The van der Waals surface area contributed by atoms with Crippen LogP contribution in [0.3, 0.4) is 0 Å². The highest BCUT2D eigenvalue weighted by Gasteiger charge is 2.21. The number of hydrogen-bond acceptors (Lipinski definition) is 2. The van der Waals surface area contributed by atoms with Crippen molar-refractivity contribution in [2.45, 2.75) is 39.4 Å². The molecule has 1 atom stereocenters. The number of hydrogen-bond donors (Lipinski definition) is 0. The molecule has 0 aromatic rings. The average Bonchev–Trinajstić information content (AvgIpc) is 1.60. The van der Waals surface area contributed by atoms with E-state index in [1.807, 2.05) is 0 Å². The van der Waals surface area contributed by atoms with Crippen molar-refractivity contribution < 1.29 is 14.6 Å². The molecule has 59 valence electrons. The smallest absolute Gasteiger partial charge is 0.361 e. The Kier molecular flexibility index (Phi) is 2.84. The average molecular weight is 145 g/mol. The minimum absolute atomic E-state index is 0.417. The van der Waals surface area contributed by atoms with Crippen LogP contribution in [-0.4, -0.2) is 17.7 Å². The summed E-state index contributed by atoms with van der Waals surface area (Å²) in [5, 5.41) is 10.1. The van der Waals surface area contributed by atoms with Crippen LogP contribution in [0.15, 0.2) is 0 Å². The Hall–Kier alpha value is -0.570. The summed E-state index contributed by atoms with van der Waals surface area (Å²) >= 11 is 0. The topological polar surface area (TPSA) is 46.2 Å². The molecule has 0 heterocycles. The second-order valence-electron chi connectivity index (χ2n) is 3.19. The van der Waals surface area contributed by atoms with Gasteiger partial charge in [0.05, 0.1) is 5.60 Å². The van der Waals surface area contributed by atoms with Crippen molar-refractivity contribution in [2.24, 2.45) is 0 Å². The van der Waals surface area contributed by atoms with Crippen molar-refractivity contribution >= 4 is 5.97 Å². The van der Waals surface area contributed by atoms with Crippen molar-refractivity contribution in [3.63, 3.8) is 0 Å². The minimum Gasteiger partial charge on any atom is -0.361 e. The second-order valence-corrected chi connectivity index (χ2v) is 3.19. The van der Waals surface area contributed by atoms with E-state index in [1.54, 1.807) is 20.8 Å². The Labute approximate surface area is 61.0 Å². The number of carbonyl (C=O) groups excluding carboxylic acids is 1. The largest absolute Gasteiger partial charge is 0.383 e.